The third kappa shape index (κ3) is 2.24. The van der Waals surface area contributed by atoms with Crippen LogP contribution >= 0.6 is 0 Å². The van der Waals surface area contributed by atoms with Crippen molar-refractivity contribution in [3.8, 4) is 0 Å². The van der Waals surface area contributed by atoms with Crippen LogP contribution in [0.4, 0.5) is 11.4 Å². The standard InChI is InChI=1S/C26H20N2O4/c1-13-11-19(20(28(31)32)12-14(13)2)27-25(29)23-21-15-7-3-4-8-16(15)22(24(23)26(27)30)18-10-6-5-9-17(18)21/h3-12,21-24H,1-2H3/t21?,22?,23-,24-/m1/s1. The fourth-order valence-electron chi connectivity index (χ4n) is 6.03. The lowest BCUT2D eigenvalue weighted by Crippen LogP contribution is -2.41. The molecule has 7 rings (SSSR count). The van der Waals surface area contributed by atoms with E-state index in [0.29, 0.717) is 0 Å². The molecule has 2 bridgehead atoms. The van der Waals surface area contributed by atoms with Crippen molar-refractivity contribution in [2.45, 2.75) is 25.7 Å². The molecule has 0 aromatic heterocycles. The molecule has 2 atom stereocenters. The number of nitro benzene ring substituents is 1. The summed E-state index contributed by atoms with van der Waals surface area (Å²) in [6, 6.07) is 19.1. The second-order valence-electron chi connectivity index (χ2n) is 8.96. The summed E-state index contributed by atoms with van der Waals surface area (Å²) in [6.07, 6.45) is 0. The Morgan fingerprint density at radius 1 is 0.750 bits per heavy atom. The molecule has 1 fully saturated rings. The lowest BCUT2D eigenvalue weighted by atomic mass is 9.55. The van der Waals surface area contributed by atoms with Gasteiger partial charge in [0.2, 0.25) is 11.8 Å². The summed E-state index contributed by atoms with van der Waals surface area (Å²) in [7, 11) is 0. The zero-order valence-corrected chi connectivity index (χ0v) is 17.6. The summed E-state index contributed by atoms with van der Waals surface area (Å²) in [5.74, 6) is -2.26. The first-order valence-corrected chi connectivity index (χ1v) is 10.7. The Labute approximate surface area is 184 Å². The Hall–Kier alpha value is -3.80. The summed E-state index contributed by atoms with van der Waals surface area (Å²) >= 11 is 0. The number of carbonyl (C=O) groups is 2. The van der Waals surface area contributed by atoms with Gasteiger partial charge in [0.15, 0.2) is 0 Å². The number of hydrogen-bond donors (Lipinski definition) is 0. The number of aryl methyl sites for hydroxylation is 2. The molecule has 1 saturated heterocycles. The Bertz CT molecular complexity index is 1250. The van der Waals surface area contributed by atoms with Crippen molar-refractivity contribution >= 4 is 23.2 Å². The maximum absolute atomic E-state index is 13.8. The molecule has 6 nitrogen and oxygen atoms in total. The third-order valence-corrected chi connectivity index (χ3v) is 7.48. The van der Waals surface area contributed by atoms with Gasteiger partial charge >= 0.3 is 0 Å². The summed E-state index contributed by atoms with van der Waals surface area (Å²) < 4.78 is 0. The fourth-order valence-corrected chi connectivity index (χ4v) is 6.03. The van der Waals surface area contributed by atoms with Gasteiger partial charge in [0.25, 0.3) is 5.69 Å². The minimum atomic E-state index is -0.557. The first-order chi connectivity index (χ1) is 15.4. The number of imide groups is 1. The van der Waals surface area contributed by atoms with E-state index in [-0.39, 0.29) is 35.0 Å². The number of nitrogens with zero attached hydrogens (tertiary/aromatic N) is 2. The van der Waals surface area contributed by atoms with Crippen LogP contribution in [-0.4, -0.2) is 16.7 Å². The average Bonchev–Trinajstić information content (AvgIpc) is 3.06. The van der Waals surface area contributed by atoms with Gasteiger partial charge < -0.3 is 0 Å². The van der Waals surface area contributed by atoms with Crippen molar-refractivity contribution < 1.29 is 14.5 Å². The largest absolute Gasteiger partial charge is 0.293 e. The molecular formula is C26H20N2O4. The van der Waals surface area contributed by atoms with Crippen LogP contribution in [0.15, 0.2) is 60.7 Å². The van der Waals surface area contributed by atoms with Crippen LogP contribution in [0.2, 0.25) is 0 Å². The molecule has 0 saturated carbocycles. The van der Waals surface area contributed by atoms with Crippen molar-refractivity contribution in [2.24, 2.45) is 11.8 Å². The van der Waals surface area contributed by atoms with E-state index in [1.807, 2.05) is 55.5 Å². The summed E-state index contributed by atoms with van der Waals surface area (Å²) in [6.45, 7) is 3.61. The molecule has 32 heavy (non-hydrogen) atoms. The first kappa shape index (κ1) is 18.9. The van der Waals surface area contributed by atoms with Gasteiger partial charge in [-0.3, -0.25) is 19.7 Å². The van der Waals surface area contributed by atoms with E-state index in [0.717, 1.165) is 38.3 Å². The molecule has 158 valence electrons. The summed E-state index contributed by atoms with van der Waals surface area (Å²) in [5.41, 5.74) is 5.73. The van der Waals surface area contributed by atoms with Crippen LogP contribution in [0.1, 0.15) is 45.2 Å². The molecule has 0 N–H and O–H groups in total. The van der Waals surface area contributed by atoms with Crippen molar-refractivity contribution in [3.63, 3.8) is 0 Å². The van der Waals surface area contributed by atoms with E-state index < -0.39 is 16.8 Å². The number of amides is 2. The van der Waals surface area contributed by atoms with Gasteiger partial charge in [0.05, 0.1) is 16.8 Å². The fraction of sp³-hybridized carbons (Fsp3) is 0.231. The van der Waals surface area contributed by atoms with E-state index >= 15 is 0 Å². The predicted molar refractivity (Wildman–Crippen MR) is 119 cm³/mol. The lowest BCUT2D eigenvalue weighted by molar-refractivity contribution is -0.384. The number of rotatable bonds is 2. The molecule has 4 aliphatic rings. The minimum absolute atomic E-state index is 0.0787. The number of anilines is 1. The zero-order valence-electron chi connectivity index (χ0n) is 17.6. The smallest absolute Gasteiger partial charge is 0.274 e. The minimum Gasteiger partial charge on any atom is -0.274 e. The molecule has 0 spiro atoms. The molecule has 1 aliphatic heterocycles. The monoisotopic (exact) mass is 424 g/mol. The SMILES string of the molecule is Cc1cc(N2C(=O)[C@@H]3C4c5ccccc5C(c5ccccc54)[C@H]3C2=O)c([N+](=O)[O-])cc1C. The Morgan fingerprint density at radius 3 is 1.56 bits per heavy atom. The van der Waals surface area contributed by atoms with Gasteiger partial charge in [-0.2, -0.15) is 0 Å². The van der Waals surface area contributed by atoms with Gasteiger partial charge in [0, 0.05) is 17.9 Å². The van der Waals surface area contributed by atoms with Crippen LogP contribution in [0.3, 0.4) is 0 Å². The molecule has 1 heterocycles. The molecule has 0 radical (unpaired) electrons. The second-order valence-corrected chi connectivity index (χ2v) is 8.96. The van der Waals surface area contributed by atoms with E-state index in [4.69, 9.17) is 0 Å². The highest BCUT2D eigenvalue weighted by Gasteiger charge is 2.62. The van der Waals surface area contributed by atoms with Gasteiger partial charge in [-0.05, 0) is 53.3 Å². The number of benzene rings is 3. The maximum Gasteiger partial charge on any atom is 0.293 e. The predicted octanol–water partition coefficient (Wildman–Crippen LogP) is 4.61. The topological polar surface area (TPSA) is 80.5 Å². The van der Waals surface area contributed by atoms with Gasteiger partial charge in [-0.1, -0.05) is 48.5 Å². The van der Waals surface area contributed by atoms with Crippen molar-refractivity contribution in [1.29, 1.82) is 0 Å². The third-order valence-electron chi connectivity index (χ3n) is 7.48. The van der Waals surface area contributed by atoms with Crippen LogP contribution in [0, 0.1) is 35.8 Å². The molecule has 2 amide bonds. The maximum atomic E-state index is 13.8. The quantitative estimate of drug-likeness (QED) is 0.342. The van der Waals surface area contributed by atoms with Gasteiger partial charge in [-0.15, -0.1) is 0 Å². The van der Waals surface area contributed by atoms with Crippen LogP contribution < -0.4 is 4.90 Å². The van der Waals surface area contributed by atoms with Crippen molar-refractivity contribution in [1.82, 2.24) is 0 Å². The zero-order chi connectivity index (χ0) is 22.3. The van der Waals surface area contributed by atoms with Crippen LogP contribution in [0.25, 0.3) is 0 Å². The normalized spacial score (nSPS) is 24.9. The van der Waals surface area contributed by atoms with Crippen molar-refractivity contribution in [2.75, 3.05) is 4.90 Å². The number of carbonyl (C=O) groups excluding carboxylic acids is 2. The molecule has 6 heteroatoms. The van der Waals surface area contributed by atoms with Gasteiger partial charge in [-0.25, -0.2) is 4.90 Å². The molecule has 0 unspecified atom stereocenters. The van der Waals surface area contributed by atoms with Crippen LogP contribution in [-0.2, 0) is 9.59 Å². The molecular weight excluding hydrogens is 404 g/mol. The Balaban J connectivity index is 1.57. The molecule has 3 aliphatic carbocycles. The first-order valence-electron chi connectivity index (χ1n) is 10.7. The molecule has 3 aromatic rings. The lowest BCUT2D eigenvalue weighted by Gasteiger charge is -2.45. The highest BCUT2D eigenvalue weighted by atomic mass is 16.6. The number of hydrogen-bond acceptors (Lipinski definition) is 4. The summed E-state index contributed by atoms with van der Waals surface area (Å²) in [4.78, 5) is 40.0. The Morgan fingerprint density at radius 2 is 1.16 bits per heavy atom. The van der Waals surface area contributed by atoms with E-state index in [2.05, 4.69) is 0 Å². The van der Waals surface area contributed by atoms with Crippen LogP contribution in [0.5, 0.6) is 0 Å². The highest BCUT2D eigenvalue weighted by Crippen LogP contribution is 2.61. The van der Waals surface area contributed by atoms with E-state index in [1.54, 1.807) is 13.0 Å². The molecule has 3 aromatic carbocycles. The van der Waals surface area contributed by atoms with Crippen molar-refractivity contribution in [3.05, 3.63) is 104 Å². The Kier molecular flexibility index (Phi) is 3.76. The second kappa shape index (κ2) is 6.36. The summed E-state index contributed by atoms with van der Waals surface area (Å²) in [5, 5.41) is 11.8. The highest BCUT2D eigenvalue weighted by molar-refractivity contribution is 6.24. The van der Waals surface area contributed by atoms with Gasteiger partial charge in [0.1, 0.15) is 5.69 Å². The average molecular weight is 424 g/mol. The van der Waals surface area contributed by atoms with E-state index in [9.17, 15) is 19.7 Å². The van der Waals surface area contributed by atoms with E-state index in [1.165, 1.54) is 6.07 Å². The number of nitro groups is 1.